The van der Waals surface area contributed by atoms with Crippen LogP contribution in [0.3, 0.4) is 0 Å². The number of morpholine rings is 1. The van der Waals surface area contributed by atoms with Crippen LogP contribution in [0.4, 0.5) is 13.6 Å². The molecule has 0 radical (unpaired) electrons. The molecule has 0 bridgehead atoms. The first-order chi connectivity index (χ1) is 19.9. The zero-order valence-corrected chi connectivity index (χ0v) is 22.7. The molecule has 10 nitrogen and oxygen atoms in total. The summed E-state index contributed by atoms with van der Waals surface area (Å²) in [5.41, 5.74) is 0.827. The van der Waals surface area contributed by atoms with Gasteiger partial charge in [0, 0.05) is 35.0 Å². The Hall–Kier alpha value is -4.10. The Morgan fingerprint density at radius 1 is 1.10 bits per heavy atom. The maximum Gasteiger partial charge on any atom is 0.511 e. The molecule has 3 aromatic rings. The van der Waals surface area contributed by atoms with Gasteiger partial charge in [0.15, 0.2) is 17.3 Å². The van der Waals surface area contributed by atoms with Gasteiger partial charge in [-0.1, -0.05) is 24.3 Å². The summed E-state index contributed by atoms with van der Waals surface area (Å²) in [5.74, 6) is -2.50. The summed E-state index contributed by atoms with van der Waals surface area (Å²) in [6.45, 7) is 1.64. The van der Waals surface area contributed by atoms with Crippen molar-refractivity contribution in [2.45, 2.75) is 29.8 Å². The van der Waals surface area contributed by atoms with E-state index in [4.69, 9.17) is 18.9 Å². The summed E-state index contributed by atoms with van der Waals surface area (Å²) in [7, 11) is 0. The third-order valence-corrected chi connectivity index (χ3v) is 8.29. The molecule has 6 rings (SSSR count). The lowest BCUT2D eigenvalue weighted by atomic mass is 9.93. The topological polar surface area (TPSA) is 99.5 Å². The van der Waals surface area contributed by atoms with E-state index >= 15 is 4.39 Å². The summed E-state index contributed by atoms with van der Waals surface area (Å²) < 4.78 is 52.2. The SMILES string of the molecule is CCOC(=O)OCOc1c2n(ccc1=O)N([C@@H]1c3ccccc3SCc3c1ccc(F)c3F)[C@@H]1COCCN1C2=O. The van der Waals surface area contributed by atoms with E-state index in [0.717, 1.165) is 16.5 Å². The molecule has 1 amide bonds. The third kappa shape index (κ3) is 4.68. The van der Waals surface area contributed by atoms with E-state index < -0.39 is 48.1 Å². The maximum atomic E-state index is 15.3. The van der Waals surface area contributed by atoms with E-state index in [1.165, 1.54) is 28.7 Å². The van der Waals surface area contributed by atoms with Crippen LogP contribution in [-0.2, 0) is 20.0 Å². The number of halogens is 2. The van der Waals surface area contributed by atoms with Crippen molar-refractivity contribution >= 4 is 23.8 Å². The Bertz CT molecular complexity index is 1580. The second kappa shape index (κ2) is 11.1. The number of hydrogen-bond donors (Lipinski definition) is 0. The van der Waals surface area contributed by atoms with Gasteiger partial charge in [-0.25, -0.2) is 13.6 Å². The Morgan fingerprint density at radius 2 is 1.93 bits per heavy atom. The zero-order valence-electron chi connectivity index (χ0n) is 21.9. The van der Waals surface area contributed by atoms with Crippen LogP contribution in [0.25, 0.3) is 0 Å². The molecule has 0 saturated carbocycles. The predicted molar refractivity (Wildman–Crippen MR) is 142 cm³/mol. The molecule has 0 unspecified atom stereocenters. The van der Waals surface area contributed by atoms with Gasteiger partial charge < -0.3 is 23.8 Å². The molecule has 214 valence electrons. The monoisotopic (exact) mass is 585 g/mol. The molecule has 1 saturated heterocycles. The number of carbonyl (C=O) groups excluding carboxylic acids is 2. The number of benzene rings is 2. The number of nitrogens with zero attached hydrogens (tertiary/aromatic N) is 3. The van der Waals surface area contributed by atoms with Crippen molar-refractivity contribution in [3.05, 3.63) is 92.9 Å². The molecule has 0 N–H and O–H groups in total. The van der Waals surface area contributed by atoms with Crippen LogP contribution < -0.4 is 15.2 Å². The summed E-state index contributed by atoms with van der Waals surface area (Å²) in [5, 5.41) is 1.83. The van der Waals surface area contributed by atoms with E-state index in [1.54, 1.807) is 17.9 Å². The Morgan fingerprint density at radius 3 is 2.76 bits per heavy atom. The van der Waals surface area contributed by atoms with E-state index in [1.807, 2.05) is 29.3 Å². The van der Waals surface area contributed by atoms with Crippen molar-refractivity contribution in [1.29, 1.82) is 0 Å². The van der Waals surface area contributed by atoms with Crippen LogP contribution in [0.5, 0.6) is 5.75 Å². The lowest BCUT2D eigenvalue weighted by Crippen LogP contribution is -2.66. The highest BCUT2D eigenvalue weighted by atomic mass is 32.2. The van der Waals surface area contributed by atoms with E-state index in [0.29, 0.717) is 5.56 Å². The van der Waals surface area contributed by atoms with Gasteiger partial charge in [0.2, 0.25) is 18.0 Å². The molecule has 41 heavy (non-hydrogen) atoms. The molecular formula is C28H25F2N3O7S. The Kier molecular flexibility index (Phi) is 7.30. The first-order valence-corrected chi connectivity index (χ1v) is 13.9. The number of fused-ring (bicyclic) bond motifs is 4. The van der Waals surface area contributed by atoms with Crippen molar-refractivity contribution < 1.29 is 37.3 Å². The van der Waals surface area contributed by atoms with Gasteiger partial charge in [0.1, 0.15) is 6.17 Å². The first kappa shape index (κ1) is 27.1. The molecule has 1 fully saturated rings. The number of rotatable bonds is 5. The van der Waals surface area contributed by atoms with Crippen LogP contribution in [-0.4, -0.2) is 61.0 Å². The van der Waals surface area contributed by atoms with Gasteiger partial charge in [0.25, 0.3) is 5.91 Å². The number of hydrogen-bond acceptors (Lipinski definition) is 9. The van der Waals surface area contributed by atoms with Gasteiger partial charge in [0.05, 0.1) is 25.9 Å². The fraction of sp³-hybridized carbons (Fsp3) is 0.321. The third-order valence-electron chi connectivity index (χ3n) is 7.18. The highest BCUT2D eigenvalue weighted by Gasteiger charge is 2.46. The second-order valence-corrected chi connectivity index (χ2v) is 10.4. The van der Waals surface area contributed by atoms with Gasteiger partial charge in [-0.3, -0.25) is 19.3 Å². The number of thioether (sulfide) groups is 1. The van der Waals surface area contributed by atoms with Gasteiger partial charge in [-0.05, 0) is 30.2 Å². The standard InChI is InChI=1S/C28H25F2N3O7S/c1-2-38-28(36)40-15-39-26-20(34)9-10-32-25(26)27(35)31-11-12-37-13-22(31)33(32)24-16-7-8-19(29)23(30)18(16)14-41-21-6-4-3-5-17(21)24/h3-10,22,24H,2,11-15H2,1H3/t22-,24+/m1/s1. The fourth-order valence-electron chi connectivity index (χ4n) is 5.41. The fourth-order valence-corrected chi connectivity index (χ4v) is 6.52. The predicted octanol–water partition coefficient (Wildman–Crippen LogP) is 3.78. The Labute approximate surface area is 237 Å². The minimum Gasteiger partial charge on any atom is -0.451 e. The van der Waals surface area contributed by atoms with E-state index in [9.17, 15) is 18.8 Å². The molecule has 2 atom stereocenters. The van der Waals surface area contributed by atoms with Crippen molar-refractivity contribution in [1.82, 2.24) is 9.58 Å². The number of aromatic nitrogens is 1. The Balaban J connectivity index is 1.54. The molecule has 3 aliphatic rings. The number of amides is 1. The van der Waals surface area contributed by atoms with Gasteiger partial charge in [-0.2, -0.15) is 0 Å². The quantitative estimate of drug-likeness (QED) is 0.327. The molecule has 13 heteroatoms. The van der Waals surface area contributed by atoms with Crippen molar-refractivity contribution in [2.75, 3.05) is 38.2 Å². The second-order valence-electron chi connectivity index (χ2n) is 9.38. The average molecular weight is 586 g/mol. The summed E-state index contributed by atoms with van der Waals surface area (Å²) in [4.78, 5) is 41.0. The van der Waals surface area contributed by atoms with Crippen LogP contribution in [0.1, 0.15) is 40.1 Å². The van der Waals surface area contributed by atoms with Gasteiger partial charge in [-0.15, -0.1) is 11.8 Å². The number of carbonyl (C=O) groups is 2. The lowest BCUT2D eigenvalue weighted by Gasteiger charge is -2.51. The molecule has 2 aromatic carbocycles. The normalized spacial score (nSPS) is 19.3. The van der Waals surface area contributed by atoms with E-state index in [-0.39, 0.29) is 49.1 Å². The van der Waals surface area contributed by atoms with E-state index in [2.05, 4.69) is 0 Å². The zero-order chi connectivity index (χ0) is 28.7. The molecule has 3 aliphatic heterocycles. The maximum absolute atomic E-state index is 15.3. The van der Waals surface area contributed by atoms with Gasteiger partial charge >= 0.3 is 6.16 Å². The highest BCUT2D eigenvalue weighted by Crippen LogP contribution is 2.45. The lowest BCUT2D eigenvalue weighted by molar-refractivity contribution is -0.0211. The molecule has 0 aliphatic carbocycles. The smallest absolute Gasteiger partial charge is 0.451 e. The summed E-state index contributed by atoms with van der Waals surface area (Å²) >= 11 is 1.39. The average Bonchev–Trinajstić information content (AvgIpc) is 3.14. The van der Waals surface area contributed by atoms with Crippen molar-refractivity contribution in [2.24, 2.45) is 0 Å². The van der Waals surface area contributed by atoms with Crippen LogP contribution in [0.2, 0.25) is 0 Å². The molecule has 4 heterocycles. The minimum absolute atomic E-state index is 0.0845. The van der Waals surface area contributed by atoms with Crippen molar-refractivity contribution in [3.63, 3.8) is 0 Å². The summed E-state index contributed by atoms with van der Waals surface area (Å²) in [6, 6.07) is 10.7. The molecule has 0 spiro atoms. The van der Waals surface area contributed by atoms with Crippen LogP contribution in [0, 0.1) is 11.6 Å². The highest BCUT2D eigenvalue weighted by molar-refractivity contribution is 7.98. The number of pyridine rings is 1. The minimum atomic E-state index is -0.989. The largest absolute Gasteiger partial charge is 0.511 e. The van der Waals surface area contributed by atoms with Crippen molar-refractivity contribution in [3.8, 4) is 5.75 Å². The van der Waals surface area contributed by atoms with Crippen LogP contribution >= 0.6 is 11.8 Å². The molecule has 1 aromatic heterocycles. The summed E-state index contributed by atoms with van der Waals surface area (Å²) in [6.07, 6.45) is -0.199. The van der Waals surface area contributed by atoms with Crippen LogP contribution in [0.15, 0.2) is 58.4 Å². The first-order valence-electron chi connectivity index (χ1n) is 12.9. The number of ether oxygens (including phenoxy) is 4. The molecular weight excluding hydrogens is 560 g/mol.